The zero-order valence-electron chi connectivity index (χ0n) is 7.93. The Morgan fingerprint density at radius 1 is 1.50 bits per heavy atom. The molecule has 2 heterocycles. The monoisotopic (exact) mass is 197 g/mol. The van der Waals surface area contributed by atoms with E-state index in [2.05, 4.69) is 9.97 Å². The molecule has 5 heteroatoms. The van der Waals surface area contributed by atoms with Crippen LogP contribution >= 0.6 is 0 Å². The van der Waals surface area contributed by atoms with E-state index in [0.29, 0.717) is 12.4 Å². The van der Waals surface area contributed by atoms with Crippen LogP contribution in [0.3, 0.4) is 0 Å². The average molecular weight is 197 g/mol. The summed E-state index contributed by atoms with van der Waals surface area (Å²) in [6, 6.07) is -0.244. The molecule has 1 aromatic heterocycles. The highest BCUT2D eigenvalue weighted by molar-refractivity contribution is 5.36. The zero-order valence-corrected chi connectivity index (χ0v) is 7.93. The largest absolute Gasteiger partial charge is 0.376 e. The fourth-order valence-electron chi connectivity index (χ4n) is 1.51. The molecule has 1 saturated heterocycles. The number of hydrogen-bond acceptors (Lipinski definition) is 4. The van der Waals surface area contributed by atoms with E-state index in [4.69, 9.17) is 4.74 Å². The van der Waals surface area contributed by atoms with Gasteiger partial charge in [0.25, 0.3) is 0 Å². The van der Waals surface area contributed by atoms with Gasteiger partial charge in [-0.05, 0) is 0 Å². The Morgan fingerprint density at radius 2 is 2.36 bits per heavy atom. The lowest BCUT2D eigenvalue weighted by Gasteiger charge is -2.25. The maximum atomic E-state index is 13.3. The smallest absolute Gasteiger partial charge is 0.147 e. The van der Waals surface area contributed by atoms with Crippen LogP contribution in [0, 0.1) is 0 Å². The van der Waals surface area contributed by atoms with Gasteiger partial charge in [-0.25, -0.2) is 9.37 Å². The first kappa shape index (κ1) is 9.33. The normalized spacial score (nSPS) is 26.4. The van der Waals surface area contributed by atoms with E-state index in [1.807, 2.05) is 0 Å². The highest BCUT2D eigenvalue weighted by Gasteiger charge is 2.31. The summed E-state index contributed by atoms with van der Waals surface area (Å²) in [6.45, 7) is 0.587. The van der Waals surface area contributed by atoms with E-state index in [9.17, 15) is 4.39 Å². The van der Waals surface area contributed by atoms with Gasteiger partial charge in [-0.1, -0.05) is 0 Å². The third-order valence-electron chi connectivity index (χ3n) is 2.39. The maximum Gasteiger partial charge on any atom is 0.147 e. The Hall–Kier alpha value is -1.23. The van der Waals surface area contributed by atoms with Gasteiger partial charge in [0.2, 0.25) is 0 Å². The minimum absolute atomic E-state index is 0.176. The molecule has 2 unspecified atom stereocenters. The highest BCUT2D eigenvalue weighted by Crippen LogP contribution is 2.19. The second-order valence-corrected chi connectivity index (χ2v) is 3.30. The summed E-state index contributed by atoms with van der Waals surface area (Å²) < 4.78 is 18.4. The topological polar surface area (TPSA) is 38.2 Å². The number of ether oxygens (including phenoxy) is 1. The van der Waals surface area contributed by atoms with Crippen molar-refractivity contribution in [3.8, 4) is 0 Å². The van der Waals surface area contributed by atoms with Gasteiger partial charge in [0, 0.05) is 19.4 Å². The number of rotatable bonds is 2. The van der Waals surface area contributed by atoms with Crippen molar-refractivity contribution >= 4 is 5.82 Å². The molecular formula is C9H12FN3O. The molecule has 0 N–H and O–H groups in total. The third-order valence-corrected chi connectivity index (χ3v) is 2.39. The maximum absolute atomic E-state index is 13.3. The number of likely N-dealkylation sites (N-methyl/N-ethyl adjacent to an activating group) is 1. The number of alkyl halides is 1. The zero-order chi connectivity index (χ0) is 9.97. The predicted molar refractivity (Wildman–Crippen MR) is 49.9 cm³/mol. The second-order valence-electron chi connectivity index (χ2n) is 3.30. The van der Waals surface area contributed by atoms with Crippen molar-refractivity contribution in [1.29, 1.82) is 0 Å². The van der Waals surface area contributed by atoms with Crippen LogP contribution in [0.4, 0.5) is 10.2 Å². The van der Waals surface area contributed by atoms with E-state index in [0.717, 1.165) is 0 Å². The predicted octanol–water partition coefficient (Wildman–Crippen LogP) is 0.650. The molecule has 1 aliphatic heterocycles. The summed E-state index contributed by atoms with van der Waals surface area (Å²) in [5.41, 5.74) is 0. The van der Waals surface area contributed by atoms with Crippen LogP contribution < -0.4 is 4.90 Å². The lowest BCUT2D eigenvalue weighted by atomic mass is 10.2. The van der Waals surface area contributed by atoms with E-state index in [1.165, 1.54) is 0 Å². The minimum Gasteiger partial charge on any atom is -0.376 e. The summed E-state index contributed by atoms with van der Waals surface area (Å²) in [5.74, 6) is 0.672. The van der Waals surface area contributed by atoms with Gasteiger partial charge in [0.05, 0.1) is 25.5 Å². The van der Waals surface area contributed by atoms with Crippen molar-refractivity contribution in [2.75, 3.05) is 25.2 Å². The first-order chi connectivity index (χ1) is 6.79. The standard InChI is InChI=1S/C9H12FN3O/c1-13(8-6-14-5-7(8)10)9-4-11-2-3-12-9/h2-4,7-8H,5-6H2,1H3. The third kappa shape index (κ3) is 1.68. The summed E-state index contributed by atoms with van der Waals surface area (Å²) in [6.07, 6.45) is 3.86. The van der Waals surface area contributed by atoms with Crippen molar-refractivity contribution < 1.29 is 9.13 Å². The molecule has 0 amide bonds. The molecule has 1 fully saturated rings. The summed E-state index contributed by atoms with van der Waals surface area (Å²) in [4.78, 5) is 9.80. The van der Waals surface area contributed by atoms with Gasteiger partial charge < -0.3 is 9.64 Å². The first-order valence-corrected chi connectivity index (χ1v) is 4.49. The van der Waals surface area contributed by atoms with E-state index < -0.39 is 6.17 Å². The van der Waals surface area contributed by atoms with Gasteiger partial charge >= 0.3 is 0 Å². The van der Waals surface area contributed by atoms with Crippen LogP contribution in [-0.2, 0) is 4.74 Å². The molecule has 0 bridgehead atoms. The fourth-order valence-corrected chi connectivity index (χ4v) is 1.51. The van der Waals surface area contributed by atoms with Crippen LogP contribution in [0.15, 0.2) is 18.6 Å². The second kappa shape index (κ2) is 3.88. The Bertz CT molecular complexity index is 295. The van der Waals surface area contributed by atoms with Gasteiger partial charge in [-0.3, -0.25) is 4.98 Å². The van der Waals surface area contributed by atoms with Crippen molar-refractivity contribution in [2.24, 2.45) is 0 Å². The molecule has 1 aromatic rings. The minimum atomic E-state index is -0.943. The molecule has 76 valence electrons. The molecule has 2 atom stereocenters. The SMILES string of the molecule is CN(c1cnccn1)C1COCC1F. The Kier molecular flexibility index (Phi) is 2.58. The van der Waals surface area contributed by atoms with E-state index in [-0.39, 0.29) is 12.6 Å². The molecule has 4 nitrogen and oxygen atoms in total. The van der Waals surface area contributed by atoms with Crippen molar-refractivity contribution in [3.05, 3.63) is 18.6 Å². The quantitative estimate of drug-likeness (QED) is 0.697. The molecular weight excluding hydrogens is 185 g/mol. The molecule has 2 rings (SSSR count). The Labute approximate surface area is 81.7 Å². The van der Waals surface area contributed by atoms with Crippen LogP contribution in [0.2, 0.25) is 0 Å². The van der Waals surface area contributed by atoms with Gasteiger partial charge in [0.15, 0.2) is 0 Å². The van der Waals surface area contributed by atoms with Crippen molar-refractivity contribution in [1.82, 2.24) is 9.97 Å². The summed E-state index contributed by atoms with van der Waals surface area (Å²) in [7, 11) is 1.80. The van der Waals surface area contributed by atoms with Crippen LogP contribution in [0.1, 0.15) is 0 Å². The number of hydrogen-bond donors (Lipinski definition) is 0. The van der Waals surface area contributed by atoms with Crippen molar-refractivity contribution in [3.63, 3.8) is 0 Å². The summed E-state index contributed by atoms with van der Waals surface area (Å²) in [5, 5.41) is 0. The van der Waals surface area contributed by atoms with Gasteiger partial charge in [-0.15, -0.1) is 0 Å². The number of nitrogens with zero attached hydrogens (tertiary/aromatic N) is 3. The number of halogens is 1. The van der Waals surface area contributed by atoms with Crippen molar-refractivity contribution in [2.45, 2.75) is 12.2 Å². The Balaban J connectivity index is 2.12. The lowest BCUT2D eigenvalue weighted by molar-refractivity contribution is 0.173. The van der Waals surface area contributed by atoms with Crippen LogP contribution in [0.5, 0.6) is 0 Å². The highest BCUT2D eigenvalue weighted by atomic mass is 19.1. The average Bonchev–Trinajstić information content (AvgIpc) is 2.65. The molecule has 0 aromatic carbocycles. The van der Waals surface area contributed by atoms with E-state index in [1.54, 1.807) is 30.5 Å². The van der Waals surface area contributed by atoms with Gasteiger partial charge in [-0.2, -0.15) is 0 Å². The molecule has 14 heavy (non-hydrogen) atoms. The molecule has 1 aliphatic rings. The van der Waals surface area contributed by atoms with E-state index >= 15 is 0 Å². The number of aromatic nitrogens is 2. The van der Waals surface area contributed by atoms with Crippen LogP contribution in [-0.4, -0.2) is 42.4 Å². The summed E-state index contributed by atoms with van der Waals surface area (Å²) >= 11 is 0. The fraction of sp³-hybridized carbons (Fsp3) is 0.556. The Morgan fingerprint density at radius 3 is 2.93 bits per heavy atom. The lowest BCUT2D eigenvalue weighted by Crippen LogP contribution is -2.39. The molecule has 0 saturated carbocycles. The van der Waals surface area contributed by atoms with Crippen LogP contribution in [0.25, 0.3) is 0 Å². The molecule has 0 spiro atoms. The number of anilines is 1. The first-order valence-electron chi connectivity index (χ1n) is 4.49. The molecule has 0 radical (unpaired) electrons. The van der Waals surface area contributed by atoms with Gasteiger partial charge in [0.1, 0.15) is 12.0 Å². The molecule has 0 aliphatic carbocycles.